The van der Waals surface area contributed by atoms with Gasteiger partial charge in [0.25, 0.3) is 0 Å². The van der Waals surface area contributed by atoms with E-state index in [0.29, 0.717) is 11.9 Å². The predicted molar refractivity (Wildman–Crippen MR) is 117 cm³/mol. The monoisotopic (exact) mass is 406 g/mol. The Bertz CT molecular complexity index is 1030. The fourth-order valence-corrected chi connectivity index (χ4v) is 5.73. The van der Waals surface area contributed by atoms with Crippen molar-refractivity contribution in [2.24, 2.45) is 5.92 Å². The third-order valence-electron chi connectivity index (χ3n) is 6.35. The van der Waals surface area contributed by atoms with Gasteiger partial charge in [-0.3, -0.25) is 9.78 Å². The number of pyridine rings is 1. The van der Waals surface area contributed by atoms with E-state index >= 15 is 0 Å². The number of benzene rings is 1. The van der Waals surface area contributed by atoms with Crippen molar-refractivity contribution >= 4 is 33.1 Å². The molecule has 6 heteroatoms. The van der Waals surface area contributed by atoms with Gasteiger partial charge in [-0.15, -0.1) is 11.3 Å². The Labute approximate surface area is 175 Å². The Hall–Kier alpha value is -2.47. The maximum absolute atomic E-state index is 12.9. The molecule has 0 spiro atoms. The quantitative estimate of drug-likeness (QED) is 0.641. The molecule has 2 saturated heterocycles. The van der Waals surface area contributed by atoms with Crippen LogP contribution in [0.1, 0.15) is 30.5 Å². The lowest BCUT2D eigenvalue weighted by Gasteiger charge is -2.38. The van der Waals surface area contributed by atoms with Crippen LogP contribution in [-0.4, -0.2) is 46.5 Å². The average molecular weight is 407 g/mol. The summed E-state index contributed by atoms with van der Waals surface area (Å²) < 4.78 is 1.30. The van der Waals surface area contributed by atoms with Crippen LogP contribution in [0.15, 0.2) is 42.0 Å². The normalized spacial score (nSPS) is 21.8. The zero-order valence-corrected chi connectivity index (χ0v) is 17.6. The van der Waals surface area contributed by atoms with Crippen molar-refractivity contribution in [3.63, 3.8) is 0 Å². The molecular formula is C23H26N4OS. The number of piperazine rings is 1. The first kappa shape index (κ1) is 18.6. The first-order valence-corrected chi connectivity index (χ1v) is 11.4. The van der Waals surface area contributed by atoms with E-state index in [1.807, 2.05) is 18.6 Å². The number of nitrogens with zero attached hydrogens (tertiary/aromatic N) is 4. The molecule has 0 aliphatic carbocycles. The van der Waals surface area contributed by atoms with Gasteiger partial charge in [0.2, 0.25) is 5.91 Å². The maximum atomic E-state index is 12.9. The molecule has 0 radical (unpaired) electrons. The number of fused-ring (bicyclic) bond motifs is 2. The van der Waals surface area contributed by atoms with Crippen molar-refractivity contribution in [1.29, 1.82) is 0 Å². The number of thiazole rings is 1. The predicted octanol–water partition coefficient (Wildman–Crippen LogP) is 4.06. The molecule has 1 aromatic carbocycles. The second-order valence-corrected chi connectivity index (χ2v) is 9.08. The Morgan fingerprint density at radius 3 is 3.03 bits per heavy atom. The minimum atomic E-state index is 0.180. The molecule has 0 saturated carbocycles. The summed E-state index contributed by atoms with van der Waals surface area (Å²) in [5.74, 6) is 0.552. The number of aryl methyl sites for hydroxylation is 2. The van der Waals surface area contributed by atoms with Gasteiger partial charge in [-0.05, 0) is 56.4 Å². The average Bonchev–Trinajstić information content (AvgIpc) is 3.33. The van der Waals surface area contributed by atoms with E-state index in [2.05, 4.69) is 50.1 Å². The molecule has 2 atom stereocenters. The van der Waals surface area contributed by atoms with E-state index < -0.39 is 0 Å². The van der Waals surface area contributed by atoms with Gasteiger partial charge in [-0.1, -0.05) is 12.1 Å². The maximum Gasteiger partial charge on any atom is 0.226 e. The second kappa shape index (κ2) is 7.75. The molecule has 5 rings (SSSR count). The minimum absolute atomic E-state index is 0.180. The molecule has 4 heterocycles. The van der Waals surface area contributed by atoms with E-state index in [4.69, 9.17) is 0 Å². The molecule has 2 aliphatic rings. The van der Waals surface area contributed by atoms with E-state index in [9.17, 15) is 4.79 Å². The van der Waals surface area contributed by atoms with Gasteiger partial charge in [0.1, 0.15) is 0 Å². The van der Waals surface area contributed by atoms with Crippen LogP contribution in [0.3, 0.4) is 0 Å². The van der Waals surface area contributed by atoms with Crippen molar-refractivity contribution < 1.29 is 4.79 Å². The van der Waals surface area contributed by atoms with Crippen molar-refractivity contribution in [3.8, 4) is 0 Å². The van der Waals surface area contributed by atoms with Gasteiger partial charge in [0, 0.05) is 43.1 Å². The van der Waals surface area contributed by atoms with Crippen LogP contribution in [0.4, 0.5) is 5.69 Å². The highest BCUT2D eigenvalue weighted by atomic mass is 32.1. The third-order valence-corrected chi connectivity index (χ3v) is 7.27. The molecule has 1 amide bonds. The highest BCUT2D eigenvalue weighted by molar-refractivity contribution is 7.16. The van der Waals surface area contributed by atoms with Crippen LogP contribution in [0.25, 0.3) is 10.2 Å². The summed E-state index contributed by atoms with van der Waals surface area (Å²) in [5, 5.41) is 0. The van der Waals surface area contributed by atoms with Crippen LogP contribution < -0.4 is 4.90 Å². The standard InChI is InChI=1S/C23H26N4OS/c1-16-12-19(8-9-24-16)26-10-11-27-20(14-26)13-18(23(27)28)6-2-4-17-5-3-7-21-22(17)29-15-25-21/h3,5,7-9,12,15,18,20H,2,4,6,10-11,13-14H2,1H3/t18-,20-/m0/s1. The topological polar surface area (TPSA) is 49.3 Å². The minimum Gasteiger partial charge on any atom is -0.368 e. The molecule has 3 aromatic rings. The highest BCUT2D eigenvalue weighted by Crippen LogP contribution is 2.33. The van der Waals surface area contributed by atoms with Crippen LogP contribution >= 0.6 is 11.3 Å². The highest BCUT2D eigenvalue weighted by Gasteiger charge is 2.41. The lowest BCUT2D eigenvalue weighted by Crippen LogP contribution is -2.51. The molecule has 29 heavy (non-hydrogen) atoms. The Balaban J connectivity index is 1.20. The van der Waals surface area contributed by atoms with Crippen LogP contribution in [0.2, 0.25) is 0 Å². The zero-order chi connectivity index (χ0) is 19.8. The number of carbonyl (C=O) groups excluding carboxylic acids is 1. The Morgan fingerprint density at radius 2 is 2.14 bits per heavy atom. The largest absolute Gasteiger partial charge is 0.368 e. The number of hydrogen-bond donors (Lipinski definition) is 0. The molecule has 0 unspecified atom stereocenters. The van der Waals surface area contributed by atoms with E-state index in [-0.39, 0.29) is 5.92 Å². The number of amides is 1. The fraction of sp³-hybridized carbons (Fsp3) is 0.435. The fourth-order valence-electron chi connectivity index (χ4n) is 4.89. The third kappa shape index (κ3) is 3.62. The summed E-state index contributed by atoms with van der Waals surface area (Å²) in [6.45, 7) is 4.71. The van der Waals surface area contributed by atoms with Crippen LogP contribution in [-0.2, 0) is 11.2 Å². The first-order valence-electron chi connectivity index (χ1n) is 10.5. The van der Waals surface area contributed by atoms with E-state index in [0.717, 1.165) is 56.5 Å². The summed E-state index contributed by atoms with van der Waals surface area (Å²) >= 11 is 1.72. The summed E-state index contributed by atoms with van der Waals surface area (Å²) in [5.41, 5.74) is 6.65. The summed E-state index contributed by atoms with van der Waals surface area (Å²) in [7, 11) is 0. The van der Waals surface area contributed by atoms with Crippen molar-refractivity contribution in [3.05, 3.63) is 53.3 Å². The zero-order valence-electron chi connectivity index (χ0n) is 16.8. The lowest BCUT2D eigenvalue weighted by atomic mass is 9.96. The number of aromatic nitrogens is 2. The van der Waals surface area contributed by atoms with Crippen molar-refractivity contribution in [2.45, 2.75) is 38.6 Å². The van der Waals surface area contributed by atoms with Gasteiger partial charge in [-0.2, -0.15) is 0 Å². The smallest absolute Gasteiger partial charge is 0.226 e. The molecule has 5 nitrogen and oxygen atoms in total. The Kier molecular flexibility index (Phi) is 4.96. The number of rotatable bonds is 5. The van der Waals surface area contributed by atoms with E-state index in [1.54, 1.807) is 11.3 Å². The van der Waals surface area contributed by atoms with Crippen LogP contribution in [0.5, 0.6) is 0 Å². The van der Waals surface area contributed by atoms with Gasteiger partial charge in [0.05, 0.1) is 21.8 Å². The summed E-state index contributed by atoms with van der Waals surface area (Å²) in [6.07, 6.45) is 5.93. The van der Waals surface area contributed by atoms with Gasteiger partial charge in [-0.25, -0.2) is 4.98 Å². The first-order chi connectivity index (χ1) is 14.2. The van der Waals surface area contributed by atoms with Crippen LogP contribution in [0, 0.1) is 12.8 Å². The summed E-state index contributed by atoms with van der Waals surface area (Å²) in [4.78, 5) is 26.2. The molecule has 0 bridgehead atoms. The Morgan fingerprint density at radius 1 is 1.21 bits per heavy atom. The molecule has 2 aliphatic heterocycles. The molecule has 150 valence electrons. The number of hydrogen-bond acceptors (Lipinski definition) is 5. The molecule has 0 N–H and O–H groups in total. The lowest BCUT2D eigenvalue weighted by molar-refractivity contribution is -0.132. The van der Waals surface area contributed by atoms with E-state index in [1.165, 1.54) is 16.0 Å². The SMILES string of the molecule is Cc1cc(N2CCN3C(=O)[C@@H](CCCc4cccc5ncsc45)C[C@H]3C2)ccn1. The van der Waals surface area contributed by atoms with Crippen molar-refractivity contribution in [2.75, 3.05) is 24.5 Å². The van der Waals surface area contributed by atoms with Gasteiger partial charge in [0.15, 0.2) is 0 Å². The van der Waals surface area contributed by atoms with Gasteiger partial charge < -0.3 is 9.80 Å². The molecule has 2 aromatic heterocycles. The number of carbonyl (C=O) groups is 1. The van der Waals surface area contributed by atoms with Crippen molar-refractivity contribution in [1.82, 2.24) is 14.9 Å². The summed E-state index contributed by atoms with van der Waals surface area (Å²) in [6, 6.07) is 10.9. The van der Waals surface area contributed by atoms with Gasteiger partial charge >= 0.3 is 0 Å². The molecule has 2 fully saturated rings. The molecular weight excluding hydrogens is 380 g/mol. The number of anilines is 1. The second-order valence-electron chi connectivity index (χ2n) is 8.23.